The number of nitrogens with one attached hydrogen (secondary N) is 1. The molecule has 0 radical (unpaired) electrons. The fraction of sp³-hybridized carbons (Fsp3) is 0.300. The van der Waals surface area contributed by atoms with E-state index < -0.39 is 0 Å². The summed E-state index contributed by atoms with van der Waals surface area (Å²) >= 11 is 0. The molecular formula is C30H30FN7O3. The smallest absolute Gasteiger partial charge is 0.226 e. The number of ether oxygens (including phenoxy) is 2. The number of methoxy groups -OCH3 is 2. The van der Waals surface area contributed by atoms with E-state index >= 15 is 0 Å². The third-order valence-corrected chi connectivity index (χ3v) is 7.96. The van der Waals surface area contributed by atoms with Gasteiger partial charge in [-0.25, -0.2) is 14.4 Å². The van der Waals surface area contributed by atoms with Crippen molar-refractivity contribution in [2.45, 2.75) is 31.6 Å². The Morgan fingerprint density at radius 2 is 1.88 bits per heavy atom. The third kappa shape index (κ3) is 4.71. The van der Waals surface area contributed by atoms with E-state index in [2.05, 4.69) is 15.1 Å². The molecule has 0 unspecified atom stereocenters. The SMILES string of the molecule is COc1ccc(CNc2ncc(CN3C[C@@H]4C[C@H]3CN4c3ccc(F)cc3)c3nc(-c4ccco4)nn23)cc1OC. The molecule has 5 aromatic rings. The van der Waals surface area contributed by atoms with Gasteiger partial charge in [-0.05, 0) is 60.5 Å². The molecule has 41 heavy (non-hydrogen) atoms. The molecule has 0 spiro atoms. The van der Waals surface area contributed by atoms with Gasteiger partial charge in [0.15, 0.2) is 22.9 Å². The molecule has 0 aliphatic carbocycles. The summed E-state index contributed by atoms with van der Waals surface area (Å²) in [6, 6.07) is 17.1. The standard InChI is InChI=1S/C30H30FN7O3/c1-39-25-10-5-19(12-27(25)40-2)14-32-30-33-15-20(29-34-28(35-38(29)30)26-4-3-11-41-26)16-36-17-24-13-23(36)18-37(24)22-8-6-21(31)7-9-22/h3-12,15,23-24H,13-14,16-18H2,1-2H3,(H,32,33)/t23-,24-/m0/s1. The number of benzene rings is 2. The fourth-order valence-corrected chi connectivity index (χ4v) is 5.94. The molecule has 2 atom stereocenters. The Balaban J connectivity index is 1.13. The van der Waals surface area contributed by atoms with Crippen LogP contribution in [-0.2, 0) is 13.1 Å². The van der Waals surface area contributed by atoms with Crippen molar-refractivity contribution in [3.8, 4) is 23.1 Å². The second-order valence-electron chi connectivity index (χ2n) is 10.4. The first-order chi connectivity index (χ1) is 20.1. The van der Waals surface area contributed by atoms with Crippen LogP contribution in [0.5, 0.6) is 11.5 Å². The van der Waals surface area contributed by atoms with E-state index in [0.29, 0.717) is 54.2 Å². The van der Waals surface area contributed by atoms with Crippen LogP contribution in [0.15, 0.2) is 71.5 Å². The molecule has 0 saturated carbocycles. The summed E-state index contributed by atoms with van der Waals surface area (Å²) in [7, 11) is 3.24. The average molecular weight is 556 g/mol. The summed E-state index contributed by atoms with van der Waals surface area (Å²) in [5.74, 6) is 2.81. The predicted molar refractivity (Wildman–Crippen MR) is 152 cm³/mol. The zero-order chi connectivity index (χ0) is 27.9. The number of likely N-dealkylation sites (tertiary alicyclic amines) is 1. The minimum atomic E-state index is -0.208. The summed E-state index contributed by atoms with van der Waals surface area (Å²) < 4.78 is 31.6. The lowest BCUT2D eigenvalue weighted by molar-refractivity contribution is 0.230. The van der Waals surface area contributed by atoms with Crippen molar-refractivity contribution in [3.63, 3.8) is 0 Å². The van der Waals surface area contributed by atoms with Crippen molar-refractivity contribution in [1.29, 1.82) is 0 Å². The minimum absolute atomic E-state index is 0.208. The van der Waals surface area contributed by atoms with Gasteiger partial charge in [-0.2, -0.15) is 4.52 Å². The van der Waals surface area contributed by atoms with Crippen LogP contribution < -0.4 is 19.7 Å². The maximum atomic E-state index is 13.4. The lowest BCUT2D eigenvalue weighted by atomic mass is 10.2. The predicted octanol–water partition coefficient (Wildman–Crippen LogP) is 4.62. The molecule has 2 bridgehead atoms. The first kappa shape index (κ1) is 25.3. The van der Waals surface area contributed by atoms with Gasteiger partial charge in [-0.15, -0.1) is 5.10 Å². The van der Waals surface area contributed by atoms with Crippen molar-refractivity contribution in [2.75, 3.05) is 37.5 Å². The maximum Gasteiger partial charge on any atom is 0.226 e. The van der Waals surface area contributed by atoms with Crippen LogP contribution in [0.25, 0.3) is 17.2 Å². The number of nitrogens with zero attached hydrogens (tertiary/aromatic N) is 6. The fourth-order valence-electron chi connectivity index (χ4n) is 5.94. The number of fused-ring (bicyclic) bond motifs is 3. The summed E-state index contributed by atoms with van der Waals surface area (Å²) in [6.07, 6.45) is 4.58. The van der Waals surface area contributed by atoms with E-state index in [9.17, 15) is 4.39 Å². The monoisotopic (exact) mass is 555 g/mol. The van der Waals surface area contributed by atoms with Crippen LogP contribution in [0.3, 0.4) is 0 Å². The number of piperazine rings is 1. The van der Waals surface area contributed by atoms with E-state index in [4.69, 9.17) is 29.0 Å². The van der Waals surface area contributed by atoms with E-state index in [-0.39, 0.29) is 5.82 Å². The summed E-state index contributed by atoms with van der Waals surface area (Å²) in [5.41, 5.74) is 3.81. The molecule has 2 fully saturated rings. The van der Waals surface area contributed by atoms with Gasteiger partial charge < -0.3 is 24.1 Å². The third-order valence-electron chi connectivity index (χ3n) is 7.96. The van der Waals surface area contributed by atoms with Gasteiger partial charge in [-0.1, -0.05) is 6.07 Å². The van der Waals surface area contributed by atoms with Crippen LogP contribution in [0.4, 0.5) is 16.0 Å². The minimum Gasteiger partial charge on any atom is -0.493 e. The molecule has 5 heterocycles. The van der Waals surface area contributed by atoms with Gasteiger partial charge in [-0.3, -0.25) is 4.90 Å². The van der Waals surface area contributed by atoms with Crippen molar-refractivity contribution in [2.24, 2.45) is 0 Å². The number of halogens is 1. The van der Waals surface area contributed by atoms with Gasteiger partial charge >= 0.3 is 0 Å². The van der Waals surface area contributed by atoms with Crippen molar-refractivity contribution >= 4 is 17.3 Å². The highest BCUT2D eigenvalue weighted by molar-refractivity contribution is 5.58. The van der Waals surface area contributed by atoms with E-state index in [1.165, 1.54) is 12.1 Å². The molecule has 7 rings (SSSR count). The molecule has 3 aromatic heterocycles. The first-order valence-electron chi connectivity index (χ1n) is 13.6. The molecule has 10 nitrogen and oxygen atoms in total. The van der Waals surface area contributed by atoms with E-state index in [1.807, 2.05) is 48.7 Å². The van der Waals surface area contributed by atoms with Crippen LogP contribution in [0.2, 0.25) is 0 Å². The number of furan rings is 1. The van der Waals surface area contributed by atoms with Crippen molar-refractivity contribution < 1.29 is 18.3 Å². The van der Waals surface area contributed by atoms with Crippen molar-refractivity contribution in [3.05, 3.63) is 84.0 Å². The van der Waals surface area contributed by atoms with Crippen molar-refractivity contribution in [1.82, 2.24) is 24.5 Å². The van der Waals surface area contributed by atoms with Gasteiger partial charge in [0.05, 0.1) is 20.5 Å². The zero-order valence-electron chi connectivity index (χ0n) is 22.8. The summed E-state index contributed by atoms with van der Waals surface area (Å²) in [5, 5.41) is 8.16. The molecule has 1 N–H and O–H groups in total. The molecular weight excluding hydrogens is 525 g/mol. The molecule has 11 heteroatoms. The molecule has 2 aliphatic heterocycles. The number of rotatable bonds is 9. The normalized spacial score (nSPS) is 18.4. The molecule has 2 aliphatic rings. The summed E-state index contributed by atoms with van der Waals surface area (Å²) in [4.78, 5) is 14.5. The number of aromatic nitrogens is 4. The van der Waals surface area contributed by atoms with Crippen LogP contribution in [0, 0.1) is 5.82 Å². The Hall–Kier alpha value is -4.64. The quantitative estimate of drug-likeness (QED) is 0.280. The molecule has 210 valence electrons. The van der Waals surface area contributed by atoms with Crippen LogP contribution in [0.1, 0.15) is 17.5 Å². The lowest BCUT2D eigenvalue weighted by Crippen LogP contribution is -2.46. The maximum absolute atomic E-state index is 13.4. The number of hydrogen-bond acceptors (Lipinski definition) is 9. The molecule has 2 aromatic carbocycles. The molecule has 0 amide bonds. The highest BCUT2D eigenvalue weighted by atomic mass is 19.1. The summed E-state index contributed by atoms with van der Waals surface area (Å²) in [6.45, 7) is 3.05. The van der Waals surface area contributed by atoms with Crippen LogP contribution >= 0.6 is 0 Å². The van der Waals surface area contributed by atoms with E-state index in [1.54, 1.807) is 25.0 Å². The largest absolute Gasteiger partial charge is 0.493 e. The number of anilines is 2. The Morgan fingerprint density at radius 1 is 1.02 bits per heavy atom. The van der Waals surface area contributed by atoms with E-state index in [0.717, 1.165) is 42.0 Å². The Bertz CT molecular complexity index is 1670. The Morgan fingerprint density at radius 3 is 2.61 bits per heavy atom. The molecule has 2 saturated heterocycles. The Labute approximate surface area is 236 Å². The van der Waals surface area contributed by atoms with Crippen LogP contribution in [-0.4, -0.2) is 63.9 Å². The van der Waals surface area contributed by atoms with Gasteiger partial charge in [0, 0.05) is 55.7 Å². The van der Waals surface area contributed by atoms with Gasteiger partial charge in [0.1, 0.15) is 5.82 Å². The number of hydrogen-bond donors (Lipinski definition) is 1. The Kier molecular flexibility index (Phi) is 6.43. The average Bonchev–Trinajstić information content (AvgIpc) is 3.81. The van der Waals surface area contributed by atoms with Gasteiger partial charge in [0.2, 0.25) is 11.8 Å². The highest BCUT2D eigenvalue weighted by Crippen LogP contribution is 2.36. The first-order valence-corrected chi connectivity index (χ1v) is 13.6. The van der Waals surface area contributed by atoms with Gasteiger partial charge in [0.25, 0.3) is 0 Å². The second kappa shape index (κ2) is 10.4. The topological polar surface area (TPSA) is 93.2 Å². The zero-order valence-corrected chi connectivity index (χ0v) is 22.8. The second-order valence-corrected chi connectivity index (χ2v) is 10.4. The highest BCUT2D eigenvalue weighted by Gasteiger charge is 2.43. The lowest BCUT2D eigenvalue weighted by Gasteiger charge is -2.35.